The van der Waals surface area contributed by atoms with Gasteiger partial charge in [0, 0.05) is 23.0 Å². The standard InChI is InChI=1S/C16H14ClN3O5S2/c1-9-7-11(4-5-12(9)17)27(22,23)25-10-3-6-13-14(8-10)20-26-15(18-13)19-16(21)24-2/h3-8,20H,1-2H3,(H,18,19,21). The smallest absolute Gasteiger partial charge is 0.412 e. The SMILES string of the molecule is COC(=O)NC1=Nc2ccc(OS(=O)(=O)c3ccc(Cl)c(C)c3)cc2NS1. The van der Waals surface area contributed by atoms with E-state index in [-0.39, 0.29) is 10.6 Å². The molecule has 3 rings (SSSR count). The fraction of sp³-hybridized carbons (Fsp3) is 0.125. The van der Waals surface area contributed by atoms with E-state index in [0.717, 1.165) is 11.9 Å². The van der Waals surface area contributed by atoms with E-state index in [9.17, 15) is 13.2 Å². The van der Waals surface area contributed by atoms with Crippen LogP contribution in [-0.2, 0) is 14.9 Å². The summed E-state index contributed by atoms with van der Waals surface area (Å²) < 4.78 is 37.6. The highest BCUT2D eigenvalue weighted by molar-refractivity contribution is 8.15. The highest BCUT2D eigenvalue weighted by Gasteiger charge is 2.20. The normalized spacial score (nSPS) is 13.1. The van der Waals surface area contributed by atoms with Crippen molar-refractivity contribution < 1.29 is 22.1 Å². The molecule has 27 heavy (non-hydrogen) atoms. The summed E-state index contributed by atoms with van der Waals surface area (Å²) in [7, 11) is -2.76. The number of carbonyl (C=O) groups is 1. The average Bonchev–Trinajstić information content (AvgIpc) is 2.63. The van der Waals surface area contributed by atoms with Crippen LogP contribution in [0.2, 0.25) is 5.02 Å². The lowest BCUT2D eigenvalue weighted by Crippen LogP contribution is -2.29. The minimum Gasteiger partial charge on any atom is -0.453 e. The molecule has 0 unspecified atom stereocenters. The van der Waals surface area contributed by atoms with Gasteiger partial charge in [0.1, 0.15) is 10.6 Å². The van der Waals surface area contributed by atoms with E-state index in [0.29, 0.717) is 27.1 Å². The molecule has 2 aromatic rings. The van der Waals surface area contributed by atoms with Gasteiger partial charge in [0.15, 0.2) is 5.17 Å². The lowest BCUT2D eigenvalue weighted by Gasteiger charge is -2.17. The maximum absolute atomic E-state index is 12.5. The van der Waals surface area contributed by atoms with Crippen molar-refractivity contribution >= 4 is 56.3 Å². The lowest BCUT2D eigenvalue weighted by molar-refractivity contribution is 0.177. The molecule has 0 spiro atoms. The van der Waals surface area contributed by atoms with E-state index >= 15 is 0 Å². The van der Waals surface area contributed by atoms with Crippen LogP contribution in [0.1, 0.15) is 5.56 Å². The Bertz CT molecular complexity index is 1040. The number of amidine groups is 1. The molecule has 1 aliphatic heterocycles. The Morgan fingerprint density at radius 2 is 2.04 bits per heavy atom. The van der Waals surface area contributed by atoms with Crippen LogP contribution in [0.15, 0.2) is 46.3 Å². The van der Waals surface area contributed by atoms with Gasteiger partial charge in [-0.25, -0.2) is 9.79 Å². The van der Waals surface area contributed by atoms with Crippen molar-refractivity contribution in [2.75, 3.05) is 11.8 Å². The van der Waals surface area contributed by atoms with Gasteiger partial charge in [-0.2, -0.15) is 8.42 Å². The van der Waals surface area contributed by atoms with E-state index in [2.05, 4.69) is 19.8 Å². The number of amides is 1. The number of nitrogens with one attached hydrogen (secondary N) is 2. The Labute approximate surface area is 165 Å². The van der Waals surface area contributed by atoms with E-state index in [1.165, 1.54) is 37.4 Å². The fourth-order valence-electron chi connectivity index (χ4n) is 2.12. The van der Waals surface area contributed by atoms with Crippen molar-refractivity contribution in [1.82, 2.24) is 5.32 Å². The van der Waals surface area contributed by atoms with Crippen molar-refractivity contribution in [3.63, 3.8) is 0 Å². The number of alkyl carbamates (subject to hydrolysis) is 1. The number of anilines is 1. The Balaban J connectivity index is 1.82. The van der Waals surface area contributed by atoms with Crippen LogP contribution in [0.5, 0.6) is 5.75 Å². The summed E-state index contributed by atoms with van der Waals surface area (Å²) in [5.74, 6) is 0.119. The van der Waals surface area contributed by atoms with Gasteiger partial charge in [0.05, 0.1) is 18.5 Å². The molecule has 2 aromatic carbocycles. The summed E-state index contributed by atoms with van der Waals surface area (Å²) in [5.41, 5.74) is 1.67. The van der Waals surface area contributed by atoms with Gasteiger partial charge in [-0.15, -0.1) is 0 Å². The summed E-state index contributed by atoms with van der Waals surface area (Å²) in [4.78, 5) is 15.5. The summed E-state index contributed by atoms with van der Waals surface area (Å²) in [6.07, 6.45) is -0.643. The molecule has 8 nitrogen and oxygen atoms in total. The first-order valence-corrected chi connectivity index (χ1v) is 10.1. The number of aliphatic imine (C=N–C) groups is 1. The number of carbonyl (C=O) groups excluding carboxylic acids is 1. The molecule has 0 aromatic heterocycles. The number of fused-ring (bicyclic) bond motifs is 1. The monoisotopic (exact) mass is 427 g/mol. The Morgan fingerprint density at radius 3 is 2.74 bits per heavy atom. The third-order valence-corrected chi connectivity index (χ3v) is 5.84. The number of methoxy groups -OCH3 is 1. The molecule has 11 heteroatoms. The first-order chi connectivity index (χ1) is 12.8. The maximum atomic E-state index is 12.5. The molecule has 142 valence electrons. The second-order valence-electron chi connectivity index (χ2n) is 5.37. The van der Waals surface area contributed by atoms with E-state index in [1.807, 2.05) is 0 Å². The van der Waals surface area contributed by atoms with Gasteiger partial charge in [-0.1, -0.05) is 11.6 Å². The van der Waals surface area contributed by atoms with Gasteiger partial charge >= 0.3 is 16.2 Å². The van der Waals surface area contributed by atoms with Crippen LogP contribution in [-0.4, -0.2) is 26.8 Å². The quantitative estimate of drug-likeness (QED) is 0.566. The lowest BCUT2D eigenvalue weighted by atomic mass is 10.2. The van der Waals surface area contributed by atoms with E-state index in [4.69, 9.17) is 15.8 Å². The summed E-state index contributed by atoms with van der Waals surface area (Å²) in [5, 5.41) is 3.21. The van der Waals surface area contributed by atoms with Crippen LogP contribution in [0, 0.1) is 6.92 Å². The molecule has 1 heterocycles. The molecule has 0 saturated heterocycles. The van der Waals surface area contributed by atoms with Crippen LogP contribution >= 0.6 is 23.5 Å². The molecule has 0 aliphatic carbocycles. The first-order valence-electron chi connectivity index (χ1n) is 7.50. The Kier molecular flexibility index (Phi) is 5.49. The Hall–Kier alpha value is -2.43. The predicted octanol–water partition coefficient (Wildman–Crippen LogP) is 3.83. The molecular weight excluding hydrogens is 414 g/mol. The second-order valence-corrected chi connectivity index (χ2v) is 8.11. The van der Waals surface area contributed by atoms with Crippen LogP contribution in [0.25, 0.3) is 0 Å². The molecular formula is C16H14ClN3O5S2. The molecule has 1 aliphatic rings. The predicted molar refractivity (Wildman–Crippen MR) is 104 cm³/mol. The first kappa shape index (κ1) is 19.3. The van der Waals surface area contributed by atoms with Crippen molar-refractivity contribution in [2.24, 2.45) is 4.99 Å². The third kappa shape index (κ3) is 4.46. The summed E-state index contributed by atoms with van der Waals surface area (Å²) in [6, 6.07) is 8.87. The Morgan fingerprint density at radius 1 is 1.26 bits per heavy atom. The van der Waals surface area contributed by atoms with Crippen molar-refractivity contribution in [1.29, 1.82) is 0 Å². The molecule has 1 amide bonds. The molecule has 0 saturated carbocycles. The number of rotatable bonds is 3. The minimum absolute atomic E-state index is 0.00652. The van der Waals surface area contributed by atoms with Gasteiger partial charge in [-0.05, 0) is 42.8 Å². The number of hydrogen-bond donors (Lipinski definition) is 2. The van der Waals surface area contributed by atoms with Crippen LogP contribution < -0.4 is 14.2 Å². The van der Waals surface area contributed by atoms with Crippen LogP contribution in [0.3, 0.4) is 0 Å². The largest absolute Gasteiger partial charge is 0.453 e. The topological polar surface area (TPSA) is 106 Å². The van der Waals surface area contributed by atoms with Crippen molar-refractivity contribution in [3.8, 4) is 5.75 Å². The molecule has 2 N–H and O–H groups in total. The zero-order chi connectivity index (χ0) is 19.6. The van der Waals surface area contributed by atoms with Gasteiger partial charge in [0.2, 0.25) is 0 Å². The van der Waals surface area contributed by atoms with Gasteiger partial charge < -0.3 is 13.6 Å². The summed E-state index contributed by atoms with van der Waals surface area (Å²) in [6.45, 7) is 1.71. The number of benzene rings is 2. The number of halogens is 1. The second kappa shape index (κ2) is 7.67. The fourth-order valence-corrected chi connectivity index (χ4v) is 3.90. The van der Waals surface area contributed by atoms with Gasteiger partial charge in [-0.3, -0.25) is 5.32 Å². The highest BCUT2D eigenvalue weighted by Crippen LogP contribution is 2.36. The zero-order valence-corrected chi connectivity index (χ0v) is 16.5. The molecule has 0 radical (unpaired) electrons. The number of nitrogens with zero attached hydrogens (tertiary/aromatic N) is 1. The molecule has 0 fully saturated rings. The maximum Gasteiger partial charge on any atom is 0.412 e. The summed E-state index contributed by atoms with van der Waals surface area (Å²) >= 11 is 6.97. The minimum atomic E-state index is -4.01. The van der Waals surface area contributed by atoms with E-state index < -0.39 is 16.2 Å². The van der Waals surface area contributed by atoms with Crippen molar-refractivity contribution in [2.45, 2.75) is 11.8 Å². The number of ether oxygens (including phenoxy) is 1. The number of hydrogen-bond acceptors (Lipinski definition) is 8. The third-order valence-electron chi connectivity index (χ3n) is 3.47. The van der Waals surface area contributed by atoms with E-state index in [1.54, 1.807) is 13.0 Å². The zero-order valence-electron chi connectivity index (χ0n) is 14.1. The molecule has 0 bridgehead atoms. The highest BCUT2D eigenvalue weighted by atomic mass is 35.5. The van der Waals surface area contributed by atoms with Crippen molar-refractivity contribution in [3.05, 3.63) is 47.0 Å². The van der Waals surface area contributed by atoms with Gasteiger partial charge in [0.25, 0.3) is 0 Å². The van der Waals surface area contributed by atoms with Crippen LogP contribution in [0.4, 0.5) is 16.2 Å². The molecule has 0 atom stereocenters. The average molecular weight is 428 g/mol. The number of aryl methyl sites for hydroxylation is 1.